The number of carbonyl (C=O) groups excluding carboxylic acids is 1. The highest BCUT2D eigenvalue weighted by Crippen LogP contribution is 2.64. The number of hydrogen-bond donors (Lipinski definition) is 2. The summed E-state index contributed by atoms with van der Waals surface area (Å²) in [5.41, 5.74) is 2.14. The van der Waals surface area contributed by atoms with Crippen LogP contribution >= 0.6 is 0 Å². The molecule has 2 N–H and O–H groups in total. The molecule has 0 saturated heterocycles. The fourth-order valence-electron chi connectivity index (χ4n) is 7.12. The molecule has 7 atom stereocenters. The molecule has 0 aliphatic heterocycles. The van der Waals surface area contributed by atoms with E-state index in [-0.39, 0.29) is 17.4 Å². The average molecular weight is 332 g/mol. The molecular weight excluding hydrogens is 298 g/mol. The summed E-state index contributed by atoms with van der Waals surface area (Å²) in [5.74, 6) is 2.42. The third-order valence-electron chi connectivity index (χ3n) is 8.46. The first-order valence-electron chi connectivity index (χ1n) is 9.99. The number of carbonyl (C=O) groups is 1. The van der Waals surface area contributed by atoms with Gasteiger partial charge < -0.3 is 10.4 Å². The van der Waals surface area contributed by atoms with Crippen molar-refractivity contribution < 1.29 is 9.90 Å². The zero-order chi connectivity index (χ0) is 17.1. The van der Waals surface area contributed by atoms with E-state index in [2.05, 4.69) is 25.2 Å². The first kappa shape index (κ1) is 16.6. The largest absolute Gasteiger partial charge is 0.393 e. The topological polar surface area (TPSA) is 49.3 Å². The second kappa shape index (κ2) is 5.59. The summed E-state index contributed by atoms with van der Waals surface area (Å²) in [6.07, 6.45) is 11.5. The van der Waals surface area contributed by atoms with Gasteiger partial charge in [-0.15, -0.1) is 0 Å². The molecule has 3 nitrogen and oxygen atoms in total. The Morgan fingerprint density at radius 1 is 1.17 bits per heavy atom. The lowest BCUT2D eigenvalue weighted by Crippen LogP contribution is -2.53. The van der Waals surface area contributed by atoms with Crippen molar-refractivity contribution in [1.82, 2.24) is 5.32 Å². The van der Waals surface area contributed by atoms with Gasteiger partial charge in [-0.25, -0.2) is 0 Å². The predicted octanol–water partition coefficient (Wildman–Crippen LogP) is 3.81. The van der Waals surface area contributed by atoms with Crippen molar-refractivity contribution in [2.24, 2.45) is 28.6 Å². The van der Waals surface area contributed by atoms with E-state index in [0.717, 1.165) is 43.4 Å². The van der Waals surface area contributed by atoms with Gasteiger partial charge in [0.25, 0.3) is 0 Å². The van der Waals surface area contributed by atoms with Gasteiger partial charge in [0.1, 0.15) is 0 Å². The molecule has 0 bridgehead atoms. The summed E-state index contributed by atoms with van der Waals surface area (Å²) in [6.45, 7) is 6.57. The molecule has 0 radical (unpaired) electrons. The Labute approximate surface area is 146 Å². The molecule has 0 aromatic carbocycles. The van der Waals surface area contributed by atoms with Gasteiger partial charge in [0.05, 0.1) is 6.10 Å². The zero-order valence-electron chi connectivity index (χ0n) is 15.5. The second-order valence-electron chi connectivity index (χ2n) is 9.53. The summed E-state index contributed by atoms with van der Waals surface area (Å²) >= 11 is 0. The van der Waals surface area contributed by atoms with Crippen molar-refractivity contribution in [2.45, 2.75) is 84.3 Å². The van der Waals surface area contributed by atoms with E-state index in [4.69, 9.17) is 0 Å². The molecule has 24 heavy (non-hydrogen) atoms. The number of aliphatic hydroxyl groups excluding tert-OH is 1. The van der Waals surface area contributed by atoms with Crippen molar-refractivity contribution in [1.29, 1.82) is 0 Å². The Morgan fingerprint density at radius 2 is 1.96 bits per heavy atom. The van der Waals surface area contributed by atoms with Crippen LogP contribution in [0.25, 0.3) is 0 Å². The molecule has 3 saturated carbocycles. The van der Waals surface area contributed by atoms with Gasteiger partial charge in [-0.05, 0) is 80.0 Å². The molecule has 134 valence electrons. The Kier molecular flexibility index (Phi) is 3.87. The van der Waals surface area contributed by atoms with Gasteiger partial charge in [-0.1, -0.05) is 25.5 Å². The maximum atomic E-state index is 11.6. The molecule has 0 heterocycles. The Balaban J connectivity index is 1.62. The van der Waals surface area contributed by atoms with Crippen molar-refractivity contribution in [3.8, 4) is 0 Å². The molecule has 0 spiro atoms. The van der Waals surface area contributed by atoms with Crippen LogP contribution in [0.4, 0.5) is 0 Å². The number of amides is 1. The molecule has 0 aromatic rings. The first-order valence-corrected chi connectivity index (χ1v) is 9.99. The number of allylic oxidation sites excluding steroid dienone is 1. The minimum Gasteiger partial charge on any atom is -0.393 e. The number of hydrogen-bond acceptors (Lipinski definition) is 2. The van der Waals surface area contributed by atoms with Crippen LogP contribution < -0.4 is 5.32 Å². The van der Waals surface area contributed by atoms with Gasteiger partial charge in [0.15, 0.2) is 0 Å². The Hall–Kier alpha value is -0.830. The van der Waals surface area contributed by atoms with Gasteiger partial charge >= 0.3 is 0 Å². The van der Waals surface area contributed by atoms with Crippen LogP contribution in [0, 0.1) is 28.6 Å². The lowest BCUT2D eigenvalue weighted by Gasteiger charge is -2.58. The molecule has 3 fully saturated rings. The maximum Gasteiger partial charge on any atom is 0.217 e. The van der Waals surface area contributed by atoms with Gasteiger partial charge in [-0.2, -0.15) is 0 Å². The fraction of sp³-hybridized carbons (Fsp3) is 0.857. The van der Waals surface area contributed by atoms with Gasteiger partial charge in [0, 0.05) is 13.0 Å². The predicted molar refractivity (Wildman–Crippen MR) is 95.3 cm³/mol. The van der Waals surface area contributed by atoms with Crippen LogP contribution in [0.5, 0.6) is 0 Å². The highest BCUT2D eigenvalue weighted by atomic mass is 16.3. The van der Waals surface area contributed by atoms with Crippen molar-refractivity contribution in [3.63, 3.8) is 0 Å². The monoisotopic (exact) mass is 331 g/mol. The van der Waals surface area contributed by atoms with Crippen LogP contribution in [0.1, 0.15) is 72.1 Å². The first-order chi connectivity index (χ1) is 11.3. The van der Waals surface area contributed by atoms with E-state index in [1.807, 2.05) is 0 Å². The third-order valence-corrected chi connectivity index (χ3v) is 8.46. The van der Waals surface area contributed by atoms with Gasteiger partial charge in [-0.3, -0.25) is 4.79 Å². The highest BCUT2D eigenvalue weighted by molar-refractivity contribution is 5.73. The number of rotatable bonds is 1. The van der Waals surface area contributed by atoms with Crippen molar-refractivity contribution in [3.05, 3.63) is 11.6 Å². The van der Waals surface area contributed by atoms with E-state index in [9.17, 15) is 9.90 Å². The maximum absolute atomic E-state index is 11.6. The van der Waals surface area contributed by atoms with Crippen LogP contribution in [-0.2, 0) is 4.79 Å². The second-order valence-corrected chi connectivity index (χ2v) is 9.53. The van der Waals surface area contributed by atoms with Crippen LogP contribution in [0.3, 0.4) is 0 Å². The summed E-state index contributed by atoms with van der Waals surface area (Å²) in [5, 5.41) is 13.3. The summed E-state index contributed by atoms with van der Waals surface area (Å²) in [4.78, 5) is 11.6. The van der Waals surface area contributed by atoms with Crippen molar-refractivity contribution in [2.75, 3.05) is 0 Å². The van der Waals surface area contributed by atoms with E-state index < -0.39 is 0 Å². The lowest BCUT2D eigenvalue weighted by atomic mass is 9.48. The van der Waals surface area contributed by atoms with Crippen LogP contribution in [0.15, 0.2) is 11.6 Å². The van der Waals surface area contributed by atoms with Crippen LogP contribution in [-0.4, -0.2) is 23.2 Å². The lowest BCUT2D eigenvalue weighted by molar-refractivity contribution is -0.121. The number of fused-ring (bicyclic) bond motifs is 5. The molecule has 0 aromatic heterocycles. The minimum absolute atomic E-state index is 0.120. The summed E-state index contributed by atoms with van der Waals surface area (Å²) in [7, 11) is 0. The SMILES string of the molecule is CC(=O)N[C@H]1CC[C@H]2[C@@H]3CC=C4CC(O)CC[C@]4(C)[C@H]3CC[C@]12C. The normalized spacial score (nSPS) is 50.3. The summed E-state index contributed by atoms with van der Waals surface area (Å²) in [6, 6.07) is 0.368. The molecule has 1 unspecified atom stereocenters. The molecule has 1 amide bonds. The third kappa shape index (κ3) is 2.30. The minimum atomic E-state index is -0.120. The van der Waals surface area contributed by atoms with E-state index >= 15 is 0 Å². The van der Waals surface area contributed by atoms with Crippen LogP contribution in [0.2, 0.25) is 0 Å². The van der Waals surface area contributed by atoms with E-state index in [1.54, 1.807) is 12.5 Å². The highest BCUT2D eigenvalue weighted by Gasteiger charge is 2.58. The Morgan fingerprint density at radius 3 is 2.71 bits per heavy atom. The number of nitrogens with one attached hydrogen (secondary N) is 1. The fourth-order valence-corrected chi connectivity index (χ4v) is 7.12. The van der Waals surface area contributed by atoms with Crippen molar-refractivity contribution >= 4 is 5.91 Å². The van der Waals surface area contributed by atoms with E-state index in [0.29, 0.717) is 11.5 Å². The smallest absolute Gasteiger partial charge is 0.217 e. The standard InChI is InChI=1S/C21H33NO2/c1-13(23)22-19-7-6-17-16-5-4-14-12-15(24)8-10-20(14,2)18(16)9-11-21(17,19)3/h4,15-19,24H,5-12H2,1-3H3,(H,22,23)/t15?,16-,17-,18-,19-,20-,21-/m0/s1. The summed E-state index contributed by atoms with van der Waals surface area (Å²) < 4.78 is 0. The average Bonchev–Trinajstić information content (AvgIpc) is 2.84. The zero-order valence-corrected chi connectivity index (χ0v) is 15.5. The molecule has 4 rings (SSSR count). The van der Waals surface area contributed by atoms with Gasteiger partial charge in [0.2, 0.25) is 5.91 Å². The molecular formula is C21H33NO2. The Bertz CT molecular complexity index is 570. The molecule has 3 heteroatoms. The molecule has 4 aliphatic carbocycles. The number of aliphatic hydroxyl groups is 1. The molecule has 4 aliphatic rings. The van der Waals surface area contributed by atoms with E-state index in [1.165, 1.54) is 25.7 Å². The quantitative estimate of drug-likeness (QED) is 0.718.